The van der Waals surface area contributed by atoms with Gasteiger partial charge in [0.05, 0.1) is 11.4 Å². The molecule has 0 saturated carbocycles. The van der Waals surface area contributed by atoms with Crippen LogP contribution >= 0.6 is 15.9 Å². The van der Waals surface area contributed by atoms with Gasteiger partial charge in [0.25, 0.3) is 0 Å². The van der Waals surface area contributed by atoms with E-state index in [4.69, 9.17) is 5.73 Å². The molecular weight excluding hydrogens is 216 g/mol. The Morgan fingerprint density at radius 3 is 3.08 bits per heavy atom. The molecule has 2 nitrogen and oxygen atoms in total. The molecule has 3 N–H and O–H groups in total. The Morgan fingerprint density at radius 1 is 1.42 bits per heavy atom. The zero-order valence-electron chi connectivity index (χ0n) is 6.73. The van der Waals surface area contributed by atoms with E-state index in [0.717, 1.165) is 28.8 Å². The van der Waals surface area contributed by atoms with Crippen LogP contribution in [0.4, 0.5) is 11.4 Å². The average Bonchev–Trinajstić information content (AvgIpc) is 2.12. The van der Waals surface area contributed by atoms with Crippen LogP contribution in [-0.4, -0.2) is 6.54 Å². The van der Waals surface area contributed by atoms with Gasteiger partial charge >= 0.3 is 0 Å². The summed E-state index contributed by atoms with van der Waals surface area (Å²) in [7, 11) is 0. The van der Waals surface area contributed by atoms with Gasteiger partial charge in [-0.15, -0.1) is 0 Å². The summed E-state index contributed by atoms with van der Waals surface area (Å²) in [5.74, 6) is 0. The van der Waals surface area contributed by atoms with E-state index in [2.05, 4.69) is 27.3 Å². The highest BCUT2D eigenvalue weighted by Crippen LogP contribution is 2.33. The number of anilines is 2. The van der Waals surface area contributed by atoms with E-state index in [1.807, 2.05) is 6.07 Å². The van der Waals surface area contributed by atoms with Crippen molar-refractivity contribution in [3.05, 3.63) is 22.2 Å². The van der Waals surface area contributed by atoms with Gasteiger partial charge in [-0.1, -0.05) is 6.07 Å². The highest BCUT2D eigenvalue weighted by molar-refractivity contribution is 9.10. The van der Waals surface area contributed by atoms with Gasteiger partial charge in [0, 0.05) is 11.0 Å². The third-order valence-corrected chi connectivity index (χ3v) is 2.89. The van der Waals surface area contributed by atoms with E-state index in [9.17, 15) is 0 Å². The molecular formula is C9H11BrN2. The van der Waals surface area contributed by atoms with Gasteiger partial charge in [-0.25, -0.2) is 0 Å². The molecule has 0 atom stereocenters. The van der Waals surface area contributed by atoms with E-state index < -0.39 is 0 Å². The van der Waals surface area contributed by atoms with Gasteiger partial charge in [0.2, 0.25) is 0 Å². The Labute approximate surface area is 80.3 Å². The van der Waals surface area contributed by atoms with Crippen molar-refractivity contribution in [2.24, 2.45) is 0 Å². The van der Waals surface area contributed by atoms with Crippen LogP contribution in [-0.2, 0) is 6.42 Å². The minimum Gasteiger partial charge on any atom is -0.396 e. The van der Waals surface area contributed by atoms with Gasteiger partial charge in [0.15, 0.2) is 0 Å². The molecule has 1 heterocycles. The fourth-order valence-electron chi connectivity index (χ4n) is 1.55. The molecule has 1 aromatic rings. The number of benzene rings is 1. The Balaban J connectivity index is 2.54. The van der Waals surface area contributed by atoms with Crippen molar-refractivity contribution in [1.29, 1.82) is 0 Å². The maximum Gasteiger partial charge on any atom is 0.0697 e. The molecule has 3 heteroatoms. The molecule has 2 rings (SSSR count). The molecule has 1 aliphatic heterocycles. The highest BCUT2D eigenvalue weighted by atomic mass is 79.9. The summed E-state index contributed by atoms with van der Waals surface area (Å²) in [5.41, 5.74) is 9.19. The van der Waals surface area contributed by atoms with E-state index in [-0.39, 0.29) is 0 Å². The number of hydrogen-bond donors (Lipinski definition) is 2. The fraction of sp³-hybridized carbons (Fsp3) is 0.333. The Morgan fingerprint density at radius 2 is 2.25 bits per heavy atom. The van der Waals surface area contributed by atoms with Crippen molar-refractivity contribution >= 4 is 27.3 Å². The van der Waals surface area contributed by atoms with Crippen LogP contribution in [0.15, 0.2) is 16.6 Å². The normalized spacial score (nSPS) is 15.1. The lowest BCUT2D eigenvalue weighted by Crippen LogP contribution is -2.13. The minimum atomic E-state index is 0.840. The monoisotopic (exact) mass is 226 g/mol. The first-order chi connectivity index (χ1) is 5.79. The number of hydrogen-bond acceptors (Lipinski definition) is 2. The van der Waals surface area contributed by atoms with Gasteiger partial charge in [0.1, 0.15) is 0 Å². The third-order valence-electron chi connectivity index (χ3n) is 2.20. The summed E-state index contributed by atoms with van der Waals surface area (Å²) in [6, 6.07) is 4.14. The van der Waals surface area contributed by atoms with Gasteiger partial charge < -0.3 is 11.1 Å². The van der Waals surface area contributed by atoms with Gasteiger partial charge in [-0.2, -0.15) is 0 Å². The highest BCUT2D eigenvalue weighted by Gasteiger charge is 2.12. The van der Waals surface area contributed by atoms with Crippen molar-refractivity contribution in [3.8, 4) is 0 Å². The third kappa shape index (κ3) is 1.18. The minimum absolute atomic E-state index is 0.840. The predicted molar refractivity (Wildman–Crippen MR) is 55.4 cm³/mol. The first-order valence-electron chi connectivity index (χ1n) is 4.10. The Bertz CT molecular complexity index is 310. The molecule has 0 unspecified atom stereocenters. The number of nitrogens with one attached hydrogen (secondary N) is 1. The van der Waals surface area contributed by atoms with Crippen molar-refractivity contribution in [3.63, 3.8) is 0 Å². The molecule has 1 aromatic carbocycles. The molecule has 1 aliphatic rings. The van der Waals surface area contributed by atoms with Crippen molar-refractivity contribution in [2.75, 3.05) is 17.6 Å². The number of rotatable bonds is 0. The number of halogens is 1. The summed E-state index contributed by atoms with van der Waals surface area (Å²) < 4.78 is 0.982. The molecule has 0 bridgehead atoms. The summed E-state index contributed by atoms with van der Waals surface area (Å²) in [5, 5.41) is 3.32. The fourth-order valence-corrected chi connectivity index (χ4v) is 1.88. The summed E-state index contributed by atoms with van der Waals surface area (Å²) in [4.78, 5) is 0. The largest absolute Gasteiger partial charge is 0.396 e. The Hall–Kier alpha value is -0.700. The van der Waals surface area contributed by atoms with Crippen LogP contribution in [0.2, 0.25) is 0 Å². The lowest BCUT2D eigenvalue weighted by Gasteiger charge is -2.20. The van der Waals surface area contributed by atoms with Crippen LogP contribution in [0, 0.1) is 0 Å². The first kappa shape index (κ1) is 7.92. The number of nitrogen functional groups attached to an aromatic ring is 1. The first-order valence-corrected chi connectivity index (χ1v) is 4.89. The summed E-state index contributed by atoms with van der Waals surface area (Å²) in [6.07, 6.45) is 2.34. The molecule has 0 aromatic heterocycles. The van der Waals surface area contributed by atoms with Crippen molar-refractivity contribution in [2.45, 2.75) is 12.8 Å². The van der Waals surface area contributed by atoms with E-state index in [1.54, 1.807) is 0 Å². The molecule has 0 radical (unpaired) electrons. The van der Waals surface area contributed by atoms with Crippen molar-refractivity contribution < 1.29 is 0 Å². The lowest BCUT2D eigenvalue weighted by atomic mass is 10.0. The summed E-state index contributed by atoms with van der Waals surface area (Å²) in [6.45, 7) is 1.04. The standard InChI is InChI=1S/C9H11BrN2/c10-7-4-3-6-2-1-5-12-9(6)8(7)11/h3-4,12H,1-2,5,11H2. The second kappa shape index (κ2) is 2.98. The van der Waals surface area contributed by atoms with Crippen LogP contribution < -0.4 is 11.1 Å². The van der Waals surface area contributed by atoms with Crippen LogP contribution in [0.1, 0.15) is 12.0 Å². The number of aryl methyl sites for hydroxylation is 1. The maximum absolute atomic E-state index is 5.89. The zero-order valence-corrected chi connectivity index (χ0v) is 8.32. The average molecular weight is 227 g/mol. The quantitative estimate of drug-likeness (QED) is 0.668. The van der Waals surface area contributed by atoms with E-state index >= 15 is 0 Å². The predicted octanol–water partition coefficient (Wildman–Crippen LogP) is 2.39. The molecule has 0 saturated heterocycles. The molecule has 0 fully saturated rings. The van der Waals surface area contributed by atoms with Crippen molar-refractivity contribution in [1.82, 2.24) is 0 Å². The molecule has 64 valence electrons. The van der Waals surface area contributed by atoms with Crippen LogP contribution in [0.5, 0.6) is 0 Å². The van der Waals surface area contributed by atoms with Crippen LogP contribution in [0.25, 0.3) is 0 Å². The lowest BCUT2D eigenvalue weighted by molar-refractivity contribution is 0.831. The summed E-state index contributed by atoms with van der Waals surface area (Å²) >= 11 is 3.41. The van der Waals surface area contributed by atoms with Crippen LogP contribution in [0.3, 0.4) is 0 Å². The van der Waals surface area contributed by atoms with E-state index in [1.165, 1.54) is 12.0 Å². The molecule has 0 spiro atoms. The Kier molecular flexibility index (Phi) is 1.97. The smallest absolute Gasteiger partial charge is 0.0697 e. The zero-order chi connectivity index (χ0) is 8.55. The number of nitrogens with two attached hydrogens (primary N) is 1. The van der Waals surface area contributed by atoms with E-state index in [0.29, 0.717) is 0 Å². The van der Waals surface area contributed by atoms with Gasteiger partial charge in [-0.05, 0) is 40.4 Å². The SMILES string of the molecule is Nc1c(Br)ccc2c1NCCC2. The second-order valence-corrected chi connectivity index (χ2v) is 3.88. The molecule has 12 heavy (non-hydrogen) atoms. The molecule has 0 amide bonds. The maximum atomic E-state index is 5.89. The molecule has 0 aliphatic carbocycles. The number of fused-ring (bicyclic) bond motifs is 1. The van der Waals surface area contributed by atoms with Gasteiger partial charge in [-0.3, -0.25) is 0 Å². The topological polar surface area (TPSA) is 38.0 Å². The second-order valence-electron chi connectivity index (χ2n) is 3.03.